The first-order valence-corrected chi connectivity index (χ1v) is 6.65. The average molecular weight is 341 g/mol. The predicted octanol–water partition coefficient (Wildman–Crippen LogP) is 0.854. The smallest absolute Gasteiger partial charge is 0.424 e. The largest absolute Gasteiger partial charge is 0.433 e. The summed E-state index contributed by atoms with van der Waals surface area (Å²) in [6.07, 6.45) is -4.68. The SMILES string of the molecule is Cc1nnc(Cn2c(=O)c3ccc(C(F)(F)F)nc3n(C)c2=O)o1. The minimum Gasteiger partial charge on any atom is -0.424 e. The van der Waals surface area contributed by atoms with Crippen LogP contribution in [0.4, 0.5) is 13.2 Å². The molecule has 0 aliphatic carbocycles. The second-order valence-corrected chi connectivity index (χ2v) is 5.01. The minimum absolute atomic E-state index is 0.0333. The maximum atomic E-state index is 12.8. The van der Waals surface area contributed by atoms with Gasteiger partial charge in [0.05, 0.1) is 5.39 Å². The van der Waals surface area contributed by atoms with E-state index in [1.807, 2.05) is 0 Å². The van der Waals surface area contributed by atoms with Crippen LogP contribution >= 0.6 is 0 Å². The number of nitrogens with zero attached hydrogens (tertiary/aromatic N) is 5. The highest BCUT2D eigenvalue weighted by atomic mass is 19.4. The fourth-order valence-electron chi connectivity index (χ4n) is 2.21. The van der Waals surface area contributed by atoms with Gasteiger partial charge < -0.3 is 4.42 Å². The third-order valence-electron chi connectivity index (χ3n) is 3.34. The molecule has 0 spiro atoms. The lowest BCUT2D eigenvalue weighted by molar-refractivity contribution is -0.141. The Morgan fingerprint density at radius 3 is 2.50 bits per heavy atom. The van der Waals surface area contributed by atoms with Gasteiger partial charge in [-0.15, -0.1) is 10.2 Å². The van der Waals surface area contributed by atoms with Crippen LogP contribution < -0.4 is 11.2 Å². The Balaban J connectivity index is 2.23. The fourth-order valence-corrected chi connectivity index (χ4v) is 2.21. The first kappa shape index (κ1) is 15.9. The average Bonchev–Trinajstić information content (AvgIpc) is 2.93. The van der Waals surface area contributed by atoms with Crippen molar-refractivity contribution in [1.29, 1.82) is 0 Å². The zero-order valence-corrected chi connectivity index (χ0v) is 12.5. The van der Waals surface area contributed by atoms with Crippen molar-refractivity contribution in [3.8, 4) is 0 Å². The molecule has 0 bridgehead atoms. The van der Waals surface area contributed by atoms with Crippen molar-refractivity contribution in [2.75, 3.05) is 0 Å². The van der Waals surface area contributed by atoms with Crippen molar-refractivity contribution in [2.24, 2.45) is 7.05 Å². The van der Waals surface area contributed by atoms with Gasteiger partial charge in [-0.25, -0.2) is 9.78 Å². The predicted molar refractivity (Wildman–Crippen MR) is 74.4 cm³/mol. The normalized spacial score (nSPS) is 12.0. The van der Waals surface area contributed by atoms with Gasteiger partial charge in [-0.05, 0) is 12.1 Å². The number of fused-ring (bicyclic) bond motifs is 1. The van der Waals surface area contributed by atoms with Gasteiger partial charge >= 0.3 is 11.9 Å². The Morgan fingerprint density at radius 1 is 1.21 bits per heavy atom. The second kappa shape index (κ2) is 5.28. The molecule has 3 aromatic rings. The third kappa shape index (κ3) is 2.57. The molecule has 0 radical (unpaired) electrons. The molecule has 0 N–H and O–H groups in total. The summed E-state index contributed by atoms with van der Waals surface area (Å²) in [5.74, 6) is 0.290. The molecule has 0 fully saturated rings. The molecule has 3 aromatic heterocycles. The highest BCUT2D eigenvalue weighted by molar-refractivity contribution is 5.74. The van der Waals surface area contributed by atoms with Gasteiger partial charge in [0.25, 0.3) is 5.56 Å². The summed E-state index contributed by atoms with van der Waals surface area (Å²) in [4.78, 5) is 28.1. The Morgan fingerprint density at radius 2 is 1.92 bits per heavy atom. The van der Waals surface area contributed by atoms with E-state index in [4.69, 9.17) is 4.42 Å². The van der Waals surface area contributed by atoms with Crippen molar-refractivity contribution >= 4 is 11.0 Å². The highest BCUT2D eigenvalue weighted by Gasteiger charge is 2.33. The van der Waals surface area contributed by atoms with E-state index < -0.39 is 23.1 Å². The van der Waals surface area contributed by atoms with Gasteiger partial charge in [0.15, 0.2) is 0 Å². The maximum Gasteiger partial charge on any atom is 0.433 e. The molecule has 0 atom stereocenters. The first-order valence-electron chi connectivity index (χ1n) is 6.65. The van der Waals surface area contributed by atoms with Crippen molar-refractivity contribution in [1.82, 2.24) is 24.3 Å². The zero-order chi connectivity index (χ0) is 17.6. The van der Waals surface area contributed by atoms with Crippen molar-refractivity contribution < 1.29 is 17.6 Å². The van der Waals surface area contributed by atoms with E-state index in [9.17, 15) is 22.8 Å². The third-order valence-corrected chi connectivity index (χ3v) is 3.34. The number of rotatable bonds is 2. The molecular formula is C13H10F3N5O3. The first-order chi connectivity index (χ1) is 11.2. The van der Waals surface area contributed by atoms with E-state index in [-0.39, 0.29) is 29.4 Å². The summed E-state index contributed by atoms with van der Waals surface area (Å²) in [5.41, 5.74) is -3.16. The number of pyridine rings is 1. The van der Waals surface area contributed by atoms with Gasteiger partial charge in [-0.1, -0.05) is 0 Å². The molecule has 24 heavy (non-hydrogen) atoms. The summed E-state index contributed by atoms with van der Waals surface area (Å²) in [5, 5.41) is 7.15. The zero-order valence-electron chi connectivity index (χ0n) is 12.5. The standard InChI is InChI=1S/C13H10F3N5O3/c1-6-18-19-9(24-6)5-21-11(22)7-3-4-8(13(14,15)16)17-10(7)20(2)12(21)23/h3-4H,5H2,1-2H3. The van der Waals surface area contributed by atoms with Crippen LogP contribution in [0, 0.1) is 6.92 Å². The topological polar surface area (TPSA) is 95.8 Å². The van der Waals surface area contributed by atoms with Gasteiger partial charge in [-0.3, -0.25) is 13.9 Å². The van der Waals surface area contributed by atoms with E-state index in [0.29, 0.717) is 6.07 Å². The van der Waals surface area contributed by atoms with Crippen molar-refractivity contribution in [3.63, 3.8) is 0 Å². The Labute approximate surface area is 131 Å². The van der Waals surface area contributed by atoms with E-state index in [1.54, 1.807) is 6.92 Å². The monoisotopic (exact) mass is 341 g/mol. The summed E-state index contributed by atoms with van der Waals surface area (Å²) in [7, 11) is 1.23. The molecule has 0 aliphatic rings. The van der Waals surface area contributed by atoms with Crippen LogP contribution in [-0.2, 0) is 19.8 Å². The minimum atomic E-state index is -4.68. The molecule has 11 heteroatoms. The number of hydrogen-bond donors (Lipinski definition) is 0. The molecule has 3 rings (SSSR count). The number of halogens is 3. The Bertz CT molecular complexity index is 1050. The molecule has 0 aromatic carbocycles. The molecule has 0 aliphatic heterocycles. The van der Waals surface area contributed by atoms with E-state index >= 15 is 0 Å². The molecule has 126 valence electrons. The van der Waals surface area contributed by atoms with Crippen LogP contribution in [0.5, 0.6) is 0 Å². The second-order valence-electron chi connectivity index (χ2n) is 5.01. The summed E-state index contributed by atoms with van der Waals surface area (Å²) in [6.45, 7) is 1.25. The van der Waals surface area contributed by atoms with Gasteiger partial charge in [0.2, 0.25) is 11.8 Å². The number of alkyl halides is 3. The Kier molecular flexibility index (Phi) is 3.50. The van der Waals surface area contributed by atoms with Crippen LogP contribution in [0.3, 0.4) is 0 Å². The van der Waals surface area contributed by atoms with Gasteiger partial charge in [0, 0.05) is 14.0 Å². The summed E-state index contributed by atoms with van der Waals surface area (Å²) < 4.78 is 45.1. The maximum absolute atomic E-state index is 12.8. The highest BCUT2D eigenvalue weighted by Crippen LogP contribution is 2.28. The summed E-state index contributed by atoms with van der Waals surface area (Å²) >= 11 is 0. The van der Waals surface area contributed by atoms with Crippen LogP contribution in [0.15, 0.2) is 26.1 Å². The van der Waals surface area contributed by atoms with Crippen molar-refractivity contribution in [2.45, 2.75) is 19.6 Å². The molecule has 0 saturated carbocycles. The Hall–Kier alpha value is -2.98. The number of aromatic nitrogens is 5. The quantitative estimate of drug-likeness (QED) is 0.686. The van der Waals surface area contributed by atoms with Crippen LogP contribution in [0.2, 0.25) is 0 Å². The molecule has 3 heterocycles. The van der Waals surface area contributed by atoms with Gasteiger partial charge in [0.1, 0.15) is 17.9 Å². The van der Waals surface area contributed by atoms with E-state index in [1.165, 1.54) is 7.05 Å². The lowest BCUT2D eigenvalue weighted by Crippen LogP contribution is -2.39. The molecule has 8 nitrogen and oxygen atoms in total. The van der Waals surface area contributed by atoms with Crippen LogP contribution in [-0.4, -0.2) is 24.3 Å². The van der Waals surface area contributed by atoms with Crippen LogP contribution in [0.25, 0.3) is 11.0 Å². The number of aryl methyl sites for hydroxylation is 2. The molecule has 0 unspecified atom stereocenters. The lowest BCUT2D eigenvalue weighted by atomic mass is 10.2. The molecular weight excluding hydrogens is 331 g/mol. The lowest BCUT2D eigenvalue weighted by Gasteiger charge is -2.11. The molecule has 0 amide bonds. The van der Waals surface area contributed by atoms with Crippen molar-refractivity contribution in [3.05, 3.63) is 50.4 Å². The van der Waals surface area contributed by atoms with Crippen LogP contribution in [0.1, 0.15) is 17.5 Å². The molecule has 0 saturated heterocycles. The van der Waals surface area contributed by atoms with E-state index in [2.05, 4.69) is 15.2 Å². The number of hydrogen-bond acceptors (Lipinski definition) is 6. The fraction of sp³-hybridized carbons (Fsp3) is 0.308. The van der Waals surface area contributed by atoms with Gasteiger partial charge in [-0.2, -0.15) is 13.2 Å². The summed E-state index contributed by atoms with van der Waals surface area (Å²) in [6, 6.07) is 1.68. The van der Waals surface area contributed by atoms with E-state index in [0.717, 1.165) is 15.2 Å².